The zero-order chi connectivity index (χ0) is 27.9. The fourth-order valence-electron chi connectivity index (χ4n) is 4.43. The molecule has 5 N–H and O–H groups in total. The van der Waals surface area contributed by atoms with E-state index < -0.39 is 17.3 Å². The van der Waals surface area contributed by atoms with Crippen LogP contribution in [0, 0.1) is 5.82 Å². The van der Waals surface area contributed by atoms with Gasteiger partial charge in [0, 0.05) is 43.4 Å². The Hall–Kier alpha value is -4.29. The zero-order valence-electron chi connectivity index (χ0n) is 21.5. The van der Waals surface area contributed by atoms with E-state index in [1.54, 1.807) is 41.1 Å². The van der Waals surface area contributed by atoms with Gasteiger partial charge in [0.2, 0.25) is 5.91 Å². The van der Waals surface area contributed by atoms with Crippen molar-refractivity contribution in [3.8, 4) is 0 Å². The number of ether oxygens (including phenoxy) is 1. The van der Waals surface area contributed by atoms with Gasteiger partial charge in [0.05, 0.1) is 22.8 Å². The normalized spacial score (nSPS) is 14.2. The molecule has 2 amide bonds. The van der Waals surface area contributed by atoms with Gasteiger partial charge in [0.1, 0.15) is 12.4 Å². The predicted octanol–water partition coefficient (Wildman–Crippen LogP) is 1.81. The first-order valence-electron chi connectivity index (χ1n) is 12.6. The lowest BCUT2D eigenvalue weighted by molar-refractivity contribution is -0.118. The van der Waals surface area contributed by atoms with Gasteiger partial charge in [-0.25, -0.2) is 9.18 Å². The van der Waals surface area contributed by atoms with Crippen molar-refractivity contribution in [1.82, 2.24) is 15.2 Å². The number of nitrogens with two attached hydrogens (primary N) is 1. The monoisotopic (exact) mass is 538 g/mol. The van der Waals surface area contributed by atoms with Crippen molar-refractivity contribution in [1.29, 1.82) is 0 Å². The molecule has 0 unspecified atom stereocenters. The number of hydrogen-bond donors (Lipinski definition) is 4. The highest BCUT2D eigenvalue weighted by molar-refractivity contribution is 5.94. The number of likely N-dealkylation sites (N-methyl/N-ethyl adjacent to an activating group) is 1. The molecule has 206 valence electrons. The summed E-state index contributed by atoms with van der Waals surface area (Å²) in [6.45, 7) is 1.87. The van der Waals surface area contributed by atoms with Crippen LogP contribution in [-0.2, 0) is 16.1 Å². The number of carbonyl (C=O) groups is 3. The summed E-state index contributed by atoms with van der Waals surface area (Å²) in [5.41, 5.74) is 7.06. The van der Waals surface area contributed by atoms with Gasteiger partial charge in [-0.05, 0) is 49.8 Å². The lowest BCUT2D eigenvalue weighted by atomic mass is 10.1. The van der Waals surface area contributed by atoms with E-state index >= 15 is 0 Å². The Kier molecular flexibility index (Phi) is 8.89. The summed E-state index contributed by atoms with van der Waals surface area (Å²) >= 11 is 0. The van der Waals surface area contributed by atoms with E-state index in [1.807, 2.05) is 0 Å². The van der Waals surface area contributed by atoms with Crippen molar-refractivity contribution in [2.45, 2.75) is 19.1 Å². The number of nitrogens with one attached hydrogen (secondary N) is 3. The average molecular weight is 539 g/mol. The molecule has 1 fully saturated rings. The van der Waals surface area contributed by atoms with Gasteiger partial charge >= 0.3 is 6.09 Å². The fraction of sp³-hybridized carbons (Fsp3) is 0.333. The van der Waals surface area contributed by atoms with Crippen LogP contribution < -0.4 is 26.7 Å². The first-order valence-corrected chi connectivity index (χ1v) is 12.6. The van der Waals surface area contributed by atoms with Gasteiger partial charge in [-0.3, -0.25) is 14.4 Å². The van der Waals surface area contributed by atoms with Crippen molar-refractivity contribution in [3.63, 3.8) is 0 Å². The third kappa shape index (κ3) is 6.41. The minimum absolute atomic E-state index is 0.0644. The number of anilines is 2. The molecule has 12 heteroatoms. The summed E-state index contributed by atoms with van der Waals surface area (Å²) in [6.07, 6.45) is 1.78. The predicted molar refractivity (Wildman–Crippen MR) is 145 cm³/mol. The fourth-order valence-corrected chi connectivity index (χ4v) is 4.43. The van der Waals surface area contributed by atoms with Gasteiger partial charge in [0.25, 0.3) is 0 Å². The van der Waals surface area contributed by atoms with E-state index in [4.69, 9.17) is 10.5 Å². The van der Waals surface area contributed by atoms with Gasteiger partial charge in [-0.2, -0.15) is 0 Å². The van der Waals surface area contributed by atoms with E-state index in [2.05, 4.69) is 15.6 Å². The summed E-state index contributed by atoms with van der Waals surface area (Å²) < 4.78 is 20.3. The number of carbonyl (C=O) groups excluding carboxylic acids is 3. The molecule has 1 aliphatic rings. The third-order valence-electron chi connectivity index (χ3n) is 6.69. The van der Waals surface area contributed by atoms with Crippen molar-refractivity contribution in [2.75, 3.05) is 50.0 Å². The molecule has 0 aliphatic carbocycles. The number of amides is 2. The van der Waals surface area contributed by atoms with Crippen LogP contribution in [0.4, 0.5) is 20.6 Å². The molecule has 4 rings (SSSR count). The Morgan fingerprint density at radius 3 is 2.54 bits per heavy atom. The van der Waals surface area contributed by atoms with Gasteiger partial charge < -0.3 is 35.9 Å². The molecule has 1 atom stereocenters. The molecule has 1 aliphatic heterocycles. The summed E-state index contributed by atoms with van der Waals surface area (Å²) in [5, 5.41) is 5.86. The Morgan fingerprint density at radius 2 is 1.90 bits per heavy atom. The first-order chi connectivity index (χ1) is 18.8. The molecule has 11 nitrogen and oxygen atoms in total. The van der Waals surface area contributed by atoms with Crippen LogP contribution in [0.25, 0.3) is 10.9 Å². The van der Waals surface area contributed by atoms with Crippen molar-refractivity contribution in [2.24, 2.45) is 5.73 Å². The second kappa shape index (κ2) is 12.5. The number of aromatic amines is 1. The number of hydrogen-bond acceptors (Lipinski definition) is 8. The molecule has 0 bridgehead atoms. The summed E-state index contributed by atoms with van der Waals surface area (Å²) in [4.78, 5) is 54.4. The molecule has 3 aromatic rings. The second-order valence-electron chi connectivity index (χ2n) is 9.17. The van der Waals surface area contributed by atoms with Gasteiger partial charge in [-0.15, -0.1) is 0 Å². The number of aldehydes is 1. The number of H-pyrrole nitrogens is 1. The highest BCUT2D eigenvalue weighted by Crippen LogP contribution is 2.25. The van der Waals surface area contributed by atoms with Crippen molar-refractivity contribution >= 4 is 40.6 Å². The van der Waals surface area contributed by atoms with Crippen LogP contribution in [0.1, 0.15) is 22.3 Å². The summed E-state index contributed by atoms with van der Waals surface area (Å²) in [6, 6.07) is 9.30. The highest BCUT2D eigenvalue weighted by atomic mass is 19.1. The molecule has 0 spiro atoms. The molecule has 2 aromatic carbocycles. The van der Waals surface area contributed by atoms with E-state index in [-0.39, 0.29) is 29.5 Å². The smallest absolute Gasteiger partial charge is 0.410 e. The third-order valence-corrected chi connectivity index (χ3v) is 6.69. The molecule has 1 saturated heterocycles. The quantitative estimate of drug-likeness (QED) is 0.301. The van der Waals surface area contributed by atoms with Crippen LogP contribution in [0.15, 0.2) is 47.4 Å². The zero-order valence-corrected chi connectivity index (χ0v) is 21.5. The van der Waals surface area contributed by atoms with Gasteiger partial charge in [0.15, 0.2) is 11.7 Å². The number of rotatable bonds is 9. The second-order valence-corrected chi connectivity index (χ2v) is 9.17. The number of pyridine rings is 1. The average Bonchev–Trinajstić information content (AvgIpc) is 2.95. The molecule has 2 heterocycles. The number of benzene rings is 2. The number of aromatic nitrogens is 1. The first kappa shape index (κ1) is 27.7. The number of fused-ring (bicyclic) bond motifs is 1. The minimum Gasteiger partial charge on any atom is -0.445 e. The number of nitrogens with zero attached hydrogens (tertiary/aromatic N) is 2. The molecular weight excluding hydrogens is 507 g/mol. The molecule has 1 aromatic heterocycles. The SMILES string of the molecule is CN[C@@H](CCN)C(=O)Nc1ccc(COC(=O)N2CCN(c3cc4[nH]cc(C=O)c(=O)c4cc3F)CC2)cc1. The lowest BCUT2D eigenvalue weighted by Gasteiger charge is -2.35. The largest absolute Gasteiger partial charge is 0.445 e. The minimum atomic E-state index is -0.576. The van der Waals surface area contributed by atoms with Crippen LogP contribution >= 0.6 is 0 Å². The van der Waals surface area contributed by atoms with Crippen LogP contribution in [0.2, 0.25) is 0 Å². The van der Waals surface area contributed by atoms with Crippen LogP contribution in [-0.4, -0.2) is 74.0 Å². The number of piperazine rings is 1. The standard InChI is InChI=1S/C27H31FN6O5/c1-30-22(6-7-29)26(37)32-19-4-2-17(3-5-19)16-39-27(38)34-10-8-33(9-11-34)24-13-23-20(12-21(24)28)25(36)18(15-35)14-31-23/h2-5,12-15,22,30H,6-11,16,29H2,1H3,(H,31,36)(H,32,37)/t22-/m0/s1. The van der Waals surface area contributed by atoms with Crippen LogP contribution in [0.5, 0.6) is 0 Å². The molecule has 39 heavy (non-hydrogen) atoms. The van der Waals surface area contributed by atoms with E-state index in [1.165, 1.54) is 12.3 Å². The number of halogens is 1. The van der Waals surface area contributed by atoms with E-state index in [9.17, 15) is 23.6 Å². The maximum atomic E-state index is 14.9. The van der Waals surface area contributed by atoms with E-state index in [0.717, 1.165) is 11.6 Å². The van der Waals surface area contributed by atoms with Crippen molar-refractivity contribution < 1.29 is 23.5 Å². The Morgan fingerprint density at radius 1 is 1.18 bits per heavy atom. The lowest BCUT2D eigenvalue weighted by Crippen LogP contribution is -2.49. The topological polar surface area (TPSA) is 150 Å². The van der Waals surface area contributed by atoms with Gasteiger partial charge in [-0.1, -0.05) is 12.1 Å². The van der Waals surface area contributed by atoms with Crippen LogP contribution in [0.3, 0.4) is 0 Å². The molecule has 0 radical (unpaired) electrons. The molecular formula is C27H31FN6O5. The summed E-state index contributed by atoms with van der Waals surface area (Å²) in [5.74, 6) is -0.752. The Bertz CT molecular complexity index is 1400. The maximum absolute atomic E-state index is 14.9. The Balaban J connectivity index is 1.29. The Labute approximate surface area is 224 Å². The molecule has 0 saturated carbocycles. The maximum Gasteiger partial charge on any atom is 0.410 e. The van der Waals surface area contributed by atoms with E-state index in [0.29, 0.717) is 62.3 Å². The highest BCUT2D eigenvalue weighted by Gasteiger charge is 2.24. The van der Waals surface area contributed by atoms with Crippen molar-refractivity contribution in [3.05, 3.63) is 69.8 Å². The summed E-state index contributed by atoms with van der Waals surface area (Å²) in [7, 11) is 1.70.